The Morgan fingerprint density at radius 3 is 2.75 bits per heavy atom. The second kappa shape index (κ2) is 4.71. The van der Waals surface area contributed by atoms with Crippen LogP contribution in [-0.4, -0.2) is 9.97 Å². The largest absolute Gasteiger partial charge is 0.354 e. The fourth-order valence-electron chi connectivity index (χ4n) is 2.38. The number of aryl methyl sites for hydroxylation is 1. The van der Waals surface area contributed by atoms with E-state index < -0.39 is 6.17 Å². The monoisotopic (exact) mass is 272 g/mol. The zero-order valence-electron chi connectivity index (χ0n) is 11.2. The highest BCUT2D eigenvalue weighted by molar-refractivity contribution is 5.86. The molecule has 0 radical (unpaired) electrons. The number of hydrogen-bond donors (Lipinski definition) is 1. The van der Waals surface area contributed by atoms with Crippen LogP contribution in [0.2, 0.25) is 0 Å². The SMILES string of the molecule is Cc1cc2[nH]c(-c3cc(F)ccc3C(C)F)cc2cn1. The molecular formula is C16H14F2N2. The molecule has 2 aromatic heterocycles. The van der Waals surface area contributed by atoms with Gasteiger partial charge in [0, 0.05) is 34.1 Å². The smallest absolute Gasteiger partial charge is 0.123 e. The van der Waals surface area contributed by atoms with Gasteiger partial charge < -0.3 is 4.98 Å². The highest BCUT2D eigenvalue weighted by atomic mass is 19.1. The quantitative estimate of drug-likeness (QED) is 0.719. The predicted molar refractivity (Wildman–Crippen MR) is 75.7 cm³/mol. The average Bonchev–Trinajstić information content (AvgIpc) is 2.81. The minimum absolute atomic E-state index is 0.377. The molecule has 3 rings (SSSR count). The number of rotatable bonds is 2. The van der Waals surface area contributed by atoms with Gasteiger partial charge in [-0.1, -0.05) is 6.07 Å². The second-order valence-electron chi connectivity index (χ2n) is 4.94. The molecule has 0 saturated carbocycles. The van der Waals surface area contributed by atoms with Crippen LogP contribution in [0.4, 0.5) is 8.78 Å². The standard InChI is InChI=1S/C16H14F2N2/c1-9-5-15-11(8-19-9)6-16(20-15)14-7-12(18)3-4-13(14)10(2)17/h3-8,10,20H,1-2H3. The maximum absolute atomic E-state index is 13.7. The molecule has 0 aliphatic rings. The molecule has 0 spiro atoms. The normalized spacial score (nSPS) is 12.8. The van der Waals surface area contributed by atoms with Gasteiger partial charge in [0.25, 0.3) is 0 Å². The van der Waals surface area contributed by atoms with E-state index in [9.17, 15) is 8.78 Å². The molecule has 0 amide bonds. The lowest BCUT2D eigenvalue weighted by atomic mass is 10.0. The van der Waals surface area contributed by atoms with Crippen molar-refractivity contribution in [3.05, 3.63) is 53.6 Å². The third-order valence-electron chi connectivity index (χ3n) is 3.37. The third kappa shape index (κ3) is 2.18. The molecule has 4 heteroatoms. The zero-order valence-corrected chi connectivity index (χ0v) is 11.2. The van der Waals surface area contributed by atoms with Crippen molar-refractivity contribution in [2.45, 2.75) is 20.0 Å². The molecule has 1 aromatic carbocycles. The van der Waals surface area contributed by atoms with E-state index in [1.807, 2.05) is 19.1 Å². The molecule has 0 fully saturated rings. The van der Waals surface area contributed by atoms with Crippen LogP contribution in [0.15, 0.2) is 36.5 Å². The summed E-state index contributed by atoms with van der Waals surface area (Å²) in [5.41, 5.74) is 3.53. The van der Waals surface area contributed by atoms with Crippen molar-refractivity contribution in [3.8, 4) is 11.3 Å². The van der Waals surface area contributed by atoms with Crippen LogP contribution in [-0.2, 0) is 0 Å². The minimum atomic E-state index is -1.16. The van der Waals surface area contributed by atoms with Crippen molar-refractivity contribution in [2.75, 3.05) is 0 Å². The summed E-state index contributed by atoms with van der Waals surface area (Å²) in [5, 5.41) is 0.923. The van der Waals surface area contributed by atoms with Gasteiger partial charge in [0.1, 0.15) is 12.0 Å². The summed E-state index contributed by atoms with van der Waals surface area (Å²) >= 11 is 0. The predicted octanol–water partition coefficient (Wildman–Crippen LogP) is 4.71. The van der Waals surface area contributed by atoms with Gasteiger partial charge in [-0.05, 0) is 43.7 Å². The number of alkyl halides is 1. The van der Waals surface area contributed by atoms with Crippen molar-refractivity contribution in [3.63, 3.8) is 0 Å². The Labute approximate surface area is 115 Å². The van der Waals surface area contributed by atoms with E-state index in [1.54, 1.807) is 6.20 Å². The van der Waals surface area contributed by atoms with Crippen LogP contribution in [0, 0.1) is 12.7 Å². The first-order valence-electron chi connectivity index (χ1n) is 6.44. The van der Waals surface area contributed by atoms with Crippen molar-refractivity contribution in [1.29, 1.82) is 0 Å². The minimum Gasteiger partial charge on any atom is -0.354 e. The highest BCUT2D eigenvalue weighted by Gasteiger charge is 2.14. The fraction of sp³-hybridized carbons (Fsp3) is 0.188. The Kier molecular flexibility index (Phi) is 3.01. The Morgan fingerprint density at radius 1 is 1.20 bits per heavy atom. The Bertz CT molecular complexity index is 775. The molecular weight excluding hydrogens is 258 g/mol. The number of aromatic amines is 1. The zero-order chi connectivity index (χ0) is 14.3. The number of nitrogens with zero attached hydrogens (tertiary/aromatic N) is 1. The number of fused-ring (bicyclic) bond motifs is 1. The summed E-state index contributed by atoms with van der Waals surface area (Å²) in [5.74, 6) is -0.377. The first-order chi connectivity index (χ1) is 9.54. The molecule has 2 nitrogen and oxygen atoms in total. The Morgan fingerprint density at radius 2 is 2.00 bits per heavy atom. The molecule has 3 aromatic rings. The maximum atomic E-state index is 13.7. The average molecular weight is 272 g/mol. The maximum Gasteiger partial charge on any atom is 0.123 e. The van der Waals surface area contributed by atoms with Crippen LogP contribution in [0.25, 0.3) is 22.2 Å². The molecule has 2 heterocycles. The van der Waals surface area contributed by atoms with Crippen molar-refractivity contribution in [2.24, 2.45) is 0 Å². The van der Waals surface area contributed by atoms with Gasteiger partial charge in [-0.15, -0.1) is 0 Å². The van der Waals surface area contributed by atoms with Gasteiger partial charge in [-0.3, -0.25) is 4.98 Å². The van der Waals surface area contributed by atoms with Crippen LogP contribution in [0.5, 0.6) is 0 Å². The van der Waals surface area contributed by atoms with Gasteiger partial charge in [-0.25, -0.2) is 8.78 Å². The molecule has 20 heavy (non-hydrogen) atoms. The van der Waals surface area contributed by atoms with Crippen molar-refractivity contribution in [1.82, 2.24) is 9.97 Å². The fourth-order valence-corrected chi connectivity index (χ4v) is 2.38. The van der Waals surface area contributed by atoms with Crippen LogP contribution < -0.4 is 0 Å². The second-order valence-corrected chi connectivity index (χ2v) is 4.94. The van der Waals surface area contributed by atoms with E-state index in [0.717, 1.165) is 16.6 Å². The number of H-pyrrole nitrogens is 1. The van der Waals surface area contributed by atoms with Gasteiger partial charge in [0.2, 0.25) is 0 Å². The number of halogens is 2. The molecule has 0 bridgehead atoms. The van der Waals surface area contributed by atoms with E-state index in [1.165, 1.54) is 25.1 Å². The first kappa shape index (κ1) is 12.8. The van der Waals surface area contributed by atoms with Gasteiger partial charge in [0.15, 0.2) is 0 Å². The summed E-state index contributed by atoms with van der Waals surface area (Å²) in [6, 6.07) is 7.91. The van der Waals surface area contributed by atoms with Crippen molar-refractivity contribution < 1.29 is 8.78 Å². The lowest BCUT2D eigenvalue weighted by molar-refractivity contribution is 0.374. The molecule has 1 N–H and O–H groups in total. The summed E-state index contributed by atoms with van der Waals surface area (Å²) in [6.07, 6.45) is 0.597. The highest BCUT2D eigenvalue weighted by Crippen LogP contribution is 2.32. The topological polar surface area (TPSA) is 28.7 Å². The van der Waals surface area contributed by atoms with Gasteiger partial charge in [0.05, 0.1) is 0 Å². The lowest BCUT2D eigenvalue weighted by Crippen LogP contribution is -1.92. The van der Waals surface area contributed by atoms with E-state index >= 15 is 0 Å². The number of benzene rings is 1. The van der Waals surface area contributed by atoms with Crippen molar-refractivity contribution >= 4 is 10.9 Å². The lowest BCUT2D eigenvalue weighted by Gasteiger charge is -2.09. The first-order valence-corrected chi connectivity index (χ1v) is 6.44. The van der Waals surface area contributed by atoms with Gasteiger partial charge in [-0.2, -0.15) is 0 Å². The van der Waals surface area contributed by atoms with Crippen LogP contribution in [0.1, 0.15) is 24.4 Å². The summed E-state index contributed by atoms with van der Waals surface area (Å²) < 4.78 is 27.1. The third-order valence-corrected chi connectivity index (χ3v) is 3.37. The summed E-state index contributed by atoms with van der Waals surface area (Å²) in [7, 11) is 0. The Hall–Kier alpha value is -2.23. The van der Waals surface area contributed by atoms with Crippen LogP contribution in [0.3, 0.4) is 0 Å². The van der Waals surface area contributed by atoms with Gasteiger partial charge >= 0.3 is 0 Å². The molecule has 0 saturated heterocycles. The summed E-state index contributed by atoms with van der Waals surface area (Å²) in [4.78, 5) is 7.42. The molecule has 102 valence electrons. The Balaban J connectivity index is 2.22. The number of aromatic nitrogens is 2. The van der Waals surface area contributed by atoms with E-state index in [4.69, 9.17) is 0 Å². The number of hydrogen-bond acceptors (Lipinski definition) is 1. The van der Waals surface area contributed by atoms with E-state index in [-0.39, 0.29) is 5.82 Å². The molecule has 0 aliphatic carbocycles. The molecule has 1 atom stereocenters. The molecule has 1 unspecified atom stereocenters. The number of nitrogens with one attached hydrogen (secondary N) is 1. The number of pyridine rings is 1. The molecule has 0 aliphatic heterocycles. The summed E-state index contributed by atoms with van der Waals surface area (Å²) in [6.45, 7) is 3.35. The van der Waals surface area contributed by atoms with Crippen LogP contribution >= 0.6 is 0 Å². The van der Waals surface area contributed by atoms with E-state index in [2.05, 4.69) is 9.97 Å². The van der Waals surface area contributed by atoms with E-state index in [0.29, 0.717) is 16.8 Å².